The van der Waals surface area contributed by atoms with E-state index in [0.717, 1.165) is 58.5 Å². The Morgan fingerprint density at radius 3 is 2.49 bits per heavy atom. The zero-order chi connectivity index (χ0) is 26.5. The van der Waals surface area contributed by atoms with Crippen LogP contribution in [0.25, 0.3) is 22.4 Å². The molecule has 0 saturated carbocycles. The van der Waals surface area contributed by atoms with E-state index in [4.69, 9.17) is 4.98 Å². The highest BCUT2D eigenvalue weighted by atomic mass is 19.1. The van der Waals surface area contributed by atoms with Crippen LogP contribution in [0.3, 0.4) is 0 Å². The van der Waals surface area contributed by atoms with Gasteiger partial charge in [-0.15, -0.1) is 4.91 Å². The predicted molar refractivity (Wildman–Crippen MR) is 142 cm³/mol. The van der Waals surface area contributed by atoms with Crippen molar-refractivity contribution in [2.45, 2.75) is 76.9 Å². The van der Waals surface area contributed by atoms with E-state index in [2.05, 4.69) is 37.2 Å². The van der Waals surface area contributed by atoms with Crippen LogP contribution in [0.2, 0.25) is 0 Å². The molecule has 0 spiro atoms. The normalized spacial score (nSPS) is 14.4. The topological polar surface area (TPSA) is 99.9 Å². The fourth-order valence-corrected chi connectivity index (χ4v) is 5.34. The summed E-state index contributed by atoms with van der Waals surface area (Å²) in [5.41, 5.74) is 8.39. The van der Waals surface area contributed by atoms with Gasteiger partial charge in [0.2, 0.25) is 0 Å². The largest absolute Gasteiger partial charge is 0.393 e. The van der Waals surface area contributed by atoms with Crippen LogP contribution >= 0.6 is 0 Å². The first-order valence-electron chi connectivity index (χ1n) is 12.9. The minimum atomic E-state index is -1.14. The van der Waals surface area contributed by atoms with Crippen LogP contribution in [0, 0.1) is 10.7 Å². The molecule has 1 amide bonds. The van der Waals surface area contributed by atoms with Gasteiger partial charge >= 0.3 is 0 Å². The SMILES string of the molecule is CC(C)c1nc2c(c(-c3ccc(F)cc3)c1CC[C@@H](O)C[C@@H](O)CC(=O)N=O)CCCc1ccccc1-2. The van der Waals surface area contributed by atoms with Crippen LogP contribution in [0.5, 0.6) is 0 Å². The molecule has 0 fully saturated rings. The Labute approximate surface area is 216 Å². The first-order valence-corrected chi connectivity index (χ1v) is 12.9. The summed E-state index contributed by atoms with van der Waals surface area (Å²) in [6, 6.07) is 14.9. The number of amides is 1. The lowest BCUT2D eigenvalue weighted by Crippen LogP contribution is -2.21. The van der Waals surface area contributed by atoms with Gasteiger partial charge in [0.1, 0.15) is 5.82 Å². The number of nitrogens with zero attached hydrogens (tertiary/aromatic N) is 2. The number of hydrogen-bond acceptors (Lipinski definition) is 5. The lowest BCUT2D eigenvalue weighted by Gasteiger charge is -2.24. The number of aryl methyl sites for hydroxylation is 1. The van der Waals surface area contributed by atoms with E-state index >= 15 is 0 Å². The fraction of sp³-hybridized carbons (Fsp3) is 0.400. The third-order valence-corrected chi connectivity index (χ3v) is 7.04. The zero-order valence-electron chi connectivity index (χ0n) is 21.3. The number of nitroso groups, excluding NO2 is 1. The molecule has 4 rings (SSSR count). The number of aliphatic hydroxyl groups excluding tert-OH is 2. The third-order valence-electron chi connectivity index (χ3n) is 7.04. The van der Waals surface area contributed by atoms with E-state index in [1.165, 1.54) is 17.7 Å². The van der Waals surface area contributed by atoms with Crippen molar-refractivity contribution in [1.29, 1.82) is 0 Å². The van der Waals surface area contributed by atoms with Crippen LogP contribution in [0.1, 0.15) is 67.8 Å². The molecule has 1 aliphatic rings. The highest BCUT2D eigenvalue weighted by Gasteiger charge is 2.26. The van der Waals surface area contributed by atoms with Crippen molar-refractivity contribution >= 4 is 5.91 Å². The number of rotatable bonds is 9. The van der Waals surface area contributed by atoms with Crippen LogP contribution in [0.15, 0.2) is 53.7 Å². The van der Waals surface area contributed by atoms with Crippen molar-refractivity contribution < 1.29 is 19.4 Å². The Hall–Kier alpha value is -3.29. The minimum Gasteiger partial charge on any atom is -0.393 e. The van der Waals surface area contributed by atoms with Gasteiger partial charge < -0.3 is 10.2 Å². The van der Waals surface area contributed by atoms with Gasteiger partial charge in [0, 0.05) is 16.4 Å². The van der Waals surface area contributed by atoms with Gasteiger partial charge in [0.15, 0.2) is 0 Å². The third kappa shape index (κ3) is 6.17. The second-order valence-electron chi connectivity index (χ2n) is 10.1. The number of carbonyl (C=O) groups excluding carboxylic acids is 1. The summed E-state index contributed by atoms with van der Waals surface area (Å²) < 4.78 is 13.9. The minimum absolute atomic E-state index is 0.0318. The number of aliphatic hydroxyl groups is 2. The van der Waals surface area contributed by atoms with E-state index < -0.39 is 24.5 Å². The number of aromatic nitrogens is 1. The van der Waals surface area contributed by atoms with E-state index in [1.54, 1.807) is 12.1 Å². The van der Waals surface area contributed by atoms with Gasteiger partial charge in [0.25, 0.3) is 5.91 Å². The molecule has 1 aromatic heterocycles. The molecule has 0 radical (unpaired) electrons. The first kappa shape index (κ1) is 26.8. The Kier molecular flexibility index (Phi) is 8.56. The molecular formula is C30H33FN2O4. The quantitative estimate of drug-likeness (QED) is 0.354. The zero-order valence-corrected chi connectivity index (χ0v) is 21.3. The highest BCUT2D eigenvalue weighted by Crippen LogP contribution is 2.42. The van der Waals surface area contributed by atoms with Crippen molar-refractivity contribution in [3.8, 4) is 22.4 Å². The van der Waals surface area contributed by atoms with Gasteiger partial charge in [-0.25, -0.2) is 4.39 Å². The molecule has 194 valence electrons. The Morgan fingerprint density at radius 1 is 1.05 bits per heavy atom. The molecule has 0 aliphatic heterocycles. The molecule has 0 bridgehead atoms. The van der Waals surface area contributed by atoms with Crippen molar-refractivity contribution in [1.82, 2.24) is 4.98 Å². The van der Waals surface area contributed by atoms with Gasteiger partial charge in [-0.2, -0.15) is 0 Å². The summed E-state index contributed by atoms with van der Waals surface area (Å²) in [5, 5.41) is 23.0. The summed E-state index contributed by atoms with van der Waals surface area (Å²) in [4.78, 5) is 26.8. The van der Waals surface area contributed by atoms with Gasteiger partial charge in [-0.05, 0) is 84.4 Å². The maximum atomic E-state index is 13.9. The second-order valence-corrected chi connectivity index (χ2v) is 10.1. The Morgan fingerprint density at radius 2 is 1.78 bits per heavy atom. The average Bonchev–Trinajstić information content (AvgIpc) is 3.06. The standard InChI is InChI=1S/C30H33FN2O4/c1-18(2)29-26(15-14-22(34)16-23(35)17-27(36)33-37)28(20-10-12-21(31)13-11-20)25-9-5-7-19-6-3-4-8-24(19)30(25)32-29/h3-4,6,8,10-13,18,22-23,34-35H,5,7,9,14-17H2,1-2H3/t22-,23-/m1/s1. The summed E-state index contributed by atoms with van der Waals surface area (Å²) >= 11 is 0. The molecule has 1 heterocycles. The van der Waals surface area contributed by atoms with E-state index in [1.807, 2.05) is 6.07 Å². The van der Waals surface area contributed by atoms with Crippen molar-refractivity contribution in [2.75, 3.05) is 0 Å². The molecule has 3 aromatic rings. The lowest BCUT2D eigenvalue weighted by atomic mass is 9.84. The molecule has 2 atom stereocenters. The molecule has 1 aliphatic carbocycles. The molecule has 2 N–H and O–H groups in total. The van der Waals surface area contributed by atoms with Crippen molar-refractivity contribution in [3.05, 3.63) is 81.6 Å². The highest BCUT2D eigenvalue weighted by molar-refractivity contribution is 5.81. The van der Waals surface area contributed by atoms with Crippen LogP contribution in [0.4, 0.5) is 4.39 Å². The number of halogens is 1. The van der Waals surface area contributed by atoms with E-state index in [0.29, 0.717) is 12.8 Å². The lowest BCUT2D eigenvalue weighted by molar-refractivity contribution is -0.120. The number of carbonyl (C=O) groups is 1. The second kappa shape index (κ2) is 11.8. The molecule has 0 saturated heterocycles. The number of fused-ring (bicyclic) bond motifs is 3. The molecule has 0 unspecified atom stereocenters. The summed E-state index contributed by atoms with van der Waals surface area (Å²) in [6.07, 6.45) is 1.13. The molecular weight excluding hydrogens is 471 g/mol. The molecule has 7 heteroatoms. The Balaban J connectivity index is 1.79. The van der Waals surface area contributed by atoms with E-state index in [-0.39, 0.29) is 18.2 Å². The summed E-state index contributed by atoms with van der Waals surface area (Å²) in [6.45, 7) is 4.18. The van der Waals surface area contributed by atoms with Gasteiger partial charge in [-0.1, -0.05) is 50.2 Å². The van der Waals surface area contributed by atoms with Gasteiger partial charge in [0.05, 0.1) is 24.3 Å². The van der Waals surface area contributed by atoms with Gasteiger partial charge in [-0.3, -0.25) is 9.78 Å². The van der Waals surface area contributed by atoms with Crippen LogP contribution in [-0.2, 0) is 24.1 Å². The van der Waals surface area contributed by atoms with Crippen LogP contribution < -0.4 is 0 Å². The number of benzene rings is 2. The number of pyridine rings is 1. The smallest absolute Gasteiger partial charge is 0.288 e. The molecule has 37 heavy (non-hydrogen) atoms. The first-order chi connectivity index (χ1) is 17.8. The average molecular weight is 505 g/mol. The maximum Gasteiger partial charge on any atom is 0.288 e. The molecule has 2 aromatic carbocycles. The van der Waals surface area contributed by atoms with Crippen molar-refractivity contribution in [2.24, 2.45) is 5.18 Å². The monoisotopic (exact) mass is 504 g/mol. The predicted octanol–water partition coefficient (Wildman–Crippen LogP) is 5.89. The van der Waals surface area contributed by atoms with E-state index in [9.17, 15) is 24.3 Å². The summed E-state index contributed by atoms with van der Waals surface area (Å²) in [7, 11) is 0. The molecule has 6 nitrogen and oxygen atoms in total. The number of hydrogen-bond donors (Lipinski definition) is 2. The Bertz CT molecular complexity index is 1270. The summed E-state index contributed by atoms with van der Waals surface area (Å²) in [5.74, 6) is -1.13. The fourth-order valence-electron chi connectivity index (χ4n) is 5.34. The maximum absolute atomic E-state index is 13.9. The van der Waals surface area contributed by atoms with Crippen LogP contribution in [-0.4, -0.2) is 33.3 Å². The van der Waals surface area contributed by atoms with Crippen molar-refractivity contribution in [3.63, 3.8) is 0 Å².